The number of carboxylic acids is 1. The van der Waals surface area contributed by atoms with E-state index in [1.165, 1.54) is 4.90 Å². The van der Waals surface area contributed by atoms with E-state index in [4.69, 9.17) is 21.4 Å². The number of nitrogens with zero attached hydrogens (tertiary/aromatic N) is 1. The normalized spacial score (nSPS) is 19.3. The third-order valence-corrected chi connectivity index (χ3v) is 3.64. The lowest BCUT2D eigenvalue weighted by Gasteiger charge is -2.33. The molecule has 1 N–H and O–H groups in total. The number of rotatable bonds is 2. The van der Waals surface area contributed by atoms with Crippen molar-refractivity contribution in [3.63, 3.8) is 0 Å². The minimum absolute atomic E-state index is 0.00474. The Morgan fingerprint density at radius 2 is 2.21 bits per heavy atom. The van der Waals surface area contributed by atoms with Crippen LogP contribution in [0.2, 0.25) is 5.02 Å². The molecule has 5 nitrogen and oxygen atoms in total. The molecule has 7 heteroatoms. The first-order chi connectivity index (χ1) is 9.00. The summed E-state index contributed by atoms with van der Waals surface area (Å²) in [6, 6.07) is 3.89. The smallest absolute Gasteiger partial charge is 0.328 e. The fraction of sp³-hybridized carbons (Fsp3) is 0.333. The van der Waals surface area contributed by atoms with Crippen molar-refractivity contribution in [1.82, 2.24) is 4.90 Å². The standard InChI is InChI=1S/C12H11BrClNO4/c13-7-1-2-8(9(14)5-7)11(16)15-3-4-19-6-10(15)12(17)18/h1-2,5,10H,3-4,6H2,(H,17,18)/t10-/m0/s1. The molecule has 0 spiro atoms. The van der Waals surface area contributed by atoms with Crippen molar-refractivity contribution in [2.24, 2.45) is 0 Å². The van der Waals surface area contributed by atoms with Gasteiger partial charge < -0.3 is 14.7 Å². The summed E-state index contributed by atoms with van der Waals surface area (Å²) in [6.45, 7) is 0.557. The molecule has 102 valence electrons. The molecule has 1 aromatic rings. The Labute approximate surface area is 123 Å². The molecule has 1 aliphatic rings. The van der Waals surface area contributed by atoms with E-state index >= 15 is 0 Å². The first-order valence-electron chi connectivity index (χ1n) is 5.57. The third kappa shape index (κ3) is 3.08. The van der Waals surface area contributed by atoms with Gasteiger partial charge in [0.05, 0.1) is 23.8 Å². The molecule has 0 aliphatic carbocycles. The molecule has 0 radical (unpaired) electrons. The summed E-state index contributed by atoms with van der Waals surface area (Å²) in [5.41, 5.74) is 0.290. The molecule has 1 aromatic carbocycles. The van der Waals surface area contributed by atoms with Gasteiger partial charge in [0.2, 0.25) is 0 Å². The van der Waals surface area contributed by atoms with E-state index in [0.29, 0.717) is 6.61 Å². The van der Waals surface area contributed by atoms with Gasteiger partial charge in [0.25, 0.3) is 5.91 Å². The molecule has 19 heavy (non-hydrogen) atoms. The molecule has 0 saturated carbocycles. The first-order valence-corrected chi connectivity index (χ1v) is 6.74. The maximum Gasteiger partial charge on any atom is 0.328 e. The fourth-order valence-electron chi connectivity index (χ4n) is 1.87. The van der Waals surface area contributed by atoms with E-state index < -0.39 is 17.9 Å². The van der Waals surface area contributed by atoms with Gasteiger partial charge in [-0.3, -0.25) is 4.79 Å². The average Bonchev–Trinajstić information content (AvgIpc) is 2.38. The zero-order chi connectivity index (χ0) is 14.0. The Hall–Kier alpha value is -1.11. The summed E-state index contributed by atoms with van der Waals surface area (Å²) in [5, 5.41) is 9.39. The second-order valence-electron chi connectivity index (χ2n) is 4.05. The van der Waals surface area contributed by atoms with Gasteiger partial charge in [0.15, 0.2) is 6.04 Å². The number of aliphatic carboxylic acids is 1. The van der Waals surface area contributed by atoms with E-state index in [2.05, 4.69) is 15.9 Å². The van der Waals surface area contributed by atoms with Crippen LogP contribution in [0.5, 0.6) is 0 Å². The Morgan fingerprint density at radius 3 is 2.84 bits per heavy atom. The summed E-state index contributed by atoms with van der Waals surface area (Å²) < 4.78 is 5.85. The number of carbonyl (C=O) groups is 2. The highest BCUT2D eigenvalue weighted by atomic mass is 79.9. The van der Waals surface area contributed by atoms with Crippen LogP contribution in [0, 0.1) is 0 Å². The van der Waals surface area contributed by atoms with Crippen LogP contribution >= 0.6 is 27.5 Å². The van der Waals surface area contributed by atoms with Gasteiger partial charge in [0, 0.05) is 11.0 Å². The second kappa shape index (κ2) is 5.90. The highest BCUT2D eigenvalue weighted by Crippen LogP contribution is 2.24. The van der Waals surface area contributed by atoms with Crippen molar-refractivity contribution in [2.45, 2.75) is 6.04 Å². The molecular weight excluding hydrogens is 337 g/mol. The Morgan fingerprint density at radius 1 is 1.47 bits per heavy atom. The summed E-state index contributed by atoms with van der Waals surface area (Å²) >= 11 is 9.27. The van der Waals surface area contributed by atoms with Crippen molar-refractivity contribution in [2.75, 3.05) is 19.8 Å². The summed E-state index contributed by atoms with van der Waals surface area (Å²) in [4.78, 5) is 24.8. The molecule has 2 rings (SSSR count). The van der Waals surface area contributed by atoms with Gasteiger partial charge >= 0.3 is 5.97 Å². The zero-order valence-corrected chi connectivity index (χ0v) is 12.1. The summed E-state index contributed by atoms with van der Waals surface area (Å²) in [6.07, 6.45) is 0. The molecule has 0 bridgehead atoms. The maximum absolute atomic E-state index is 12.4. The summed E-state index contributed by atoms with van der Waals surface area (Å²) in [7, 11) is 0. The Balaban J connectivity index is 2.28. The number of carbonyl (C=O) groups excluding carboxylic acids is 1. The van der Waals surface area contributed by atoms with Crippen LogP contribution in [-0.2, 0) is 9.53 Å². The van der Waals surface area contributed by atoms with Crippen LogP contribution in [0.15, 0.2) is 22.7 Å². The van der Waals surface area contributed by atoms with E-state index in [0.717, 1.165) is 4.47 Å². The molecule has 1 atom stereocenters. The third-order valence-electron chi connectivity index (χ3n) is 2.84. The van der Waals surface area contributed by atoms with Gasteiger partial charge in [-0.2, -0.15) is 0 Å². The van der Waals surface area contributed by atoms with Crippen molar-refractivity contribution in [3.05, 3.63) is 33.3 Å². The SMILES string of the molecule is O=C(O)[C@@H]1COCCN1C(=O)c1ccc(Br)cc1Cl. The molecule has 1 heterocycles. The fourth-order valence-corrected chi connectivity index (χ4v) is 2.62. The lowest BCUT2D eigenvalue weighted by atomic mass is 10.1. The van der Waals surface area contributed by atoms with Crippen LogP contribution in [0.25, 0.3) is 0 Å². The van der Waals surface area contributed by atoms with Crippen LogP contribution in [0.3, 0.4) is 0 Å². The van der Waals surface area contributed by atoms with Crippen molar-refractivity contribution < 1.29 is 19.4 Å². The van der Waals surface area contributed by atoms with Crippen LogP contribution in [0.4, 0.5) is 0 Å². The van der Waals surface area contributed by atoms with E-state index in [9.17, 15) is 9.59 Å². The summed E-state index contributed by atoms with van der Waals surface area (Å²) in [5.74, 6) is -1.48. The molecule has 0 aromatic heterocycles. The quantitative estimate of drug-likeness (QED) is 0.888. The number of ether oxygens (including phenoxy) is 1. The molecule has 1 saturated heterocycles. The first kappa shape index (κ1) is 14.3. The Bertz CT molecular complexity index is 522. The van der Waals surface area contributed by atoms with Gasteiger partial charge in [-0.1, -0.05) is 27.5 Å². The van der Waals surface area contributed by atoms with Crippen LogP contribution in [0.1, 0.15) is 10.4 Å². The minimum Gasteiger partial charge on any atom is -0.480 e. The monoisotopic (exact) mass is 347 g/mol. The number of amides is 1. The molecule has 1 amide bonds. The second-order valence-corrected chi connectivity index (χ2v) is 5.37. The van der Waals surface area contributed by atoms with E-state index in [1.54, 1.807) is 18.2 Å². The molecule has 0 unspecified atom stereocenters. The lowest BCUT2D eigenvalue weighted by molar-refractivity contribution is -0.147. The van der Waals surface area contributed by atoms with Crippen LogP contribution in [-0.4, -0.2) is 47.7 Å². The van der Waals surface area contributed by atoms with Gasteiger partial charge in [-0.25, -0.2) is 4.79 Å². The predicted molar refractivity (Wildman–Crippen MR) is 72.4 cm³/mol. The number of morpholine rings is 1. The maximum atomic E-state index is 12.4. The minimum atomic E-state index is -1.08. The highest BCUT2D eigenvalue weighted by Gasteiger charge is 2.33. The van der Waals surface area contributed by atoms with Crippen molar-refractivity contribution in [1.29, 1.82) is 0 Å². The van der Waals surface area contributed by atoms with Crippen molar-refractivity contribution >= 4 is 39.4 Å². The largest absolute Gasteiger partial charge is 0.480 e. The number of carboxylic acid groups (broad SMARTS) is 1. The zero-order valence-electron chi connectivity index (χ0n) is 9.81. The van der Waals surface area contributed by atoms with Gasteiger partial charge in [-0.15, -0.1) is 0 Å². The number of hydrogen-bond acceptors (Lipinski definition) is 3. The van der Waals surface area contributed by atoms with Crippen LogP contribution < -0.4 is 0 Å². The lowest BCUT2D eigenvalue weighted by Crippen LogP contribution is -2.52. The molecular formula is C12H11BrClNO4. The van der Waals surface area contributed by atoms with Gasteiger partial charge in [0.1, 0.15) is 0 Å². The molecule has 1 aliphatic heterocycles. The topological polar surface area (TPSA) is 66.8 Å². The molecule has 1 fully saturated rings. The van der Waals surface area contributed by atoms with E-state index in [-0.39, 0.29) is 23.7 Å². The Kier molecular flexibility index (Phi) is 4.44. The number of halogens is 2. The van der Waals surface area contributed by atoms with Gasteiger partial charge in [-0.05, 0) is 18.2 Å². The highest BCUT2D eigenvalue weighted by molar-refractivity contribution is 9.10. The van der Waals surface area contributed by atoms with E-state index in [1.807, 2.05) is 0 Å². The number of hydrogen-bond donors (Lipinski definition) is 1. The average molecular weight is 349 g/mol. The number of benzene rings is 1. The van der Waals surface area contributed by atoms with Crippen molar-refractivity contribution in [3.8, 4) is 0 Å². The predicted octanol–water partition coefficient (Wildman–Crippen LogP) is 2.03.